The molecule has 44 heavy (non-hydrogen) atoms. The molecule has 0 aliphatic rings. The van der Waals surface area contributed by atoms with Gasteiger partial charge >= 0.3 is 5.97 Å². The van der Waals surface area contributed by atoms with Crippen molar-refractivity contribution in [3.8, 4) is 0 Å². The summed E-state index contributed by atoms with van der Waals surface area (Å²) >= 11 is 0. The zero-order chi connectivity index (χ0) is 32.4. The van der Waals surface area contributed by atoms with Gasteiger partial charge in [-0.15, -0.1) is 0 Å². The molecule has 1 amide bonds. The summed E-state index contributed by atoms with van der Waals surface area (Å²) in [4.78, 5) is 24.1. The molecule has 0 aliphatic carbocycles. The summed E-state index contributed by atoms with van der Waals surface area (Å²) < 4.78 is 0. The fourth-order valence-electron chi connectivity index (χ4n) is 6.51. The van der Waals surface area contributed by atoms with E-state index in [-0.39, 0.29) is 5.57 Å². The number of hydrogen-bond donors (Lipinski definition) is 2. The van der Waals surface area contributed by atoms with Crippen molar-refractivity contribution in [2.45, 2.75) is 232 Å². The highest BCUT2D eigenvalue weighted by molar-refractivity contribution is 6.01. The number of carboxylic acids is 1. The van der Waals surface area contributed by atoms with Gasteiger partial charge < -0.3 is 10.8 Å². The zero-order valence-electron chi connectivity index (χ0n) is 29.9. The van der Waals surface area contributed by atoms with Gasteiger partial charge in [-0.05, 0) is 25.7 Å². The molecule has 0 aromatic carbocycles. The van der Waals surface area contributed by atoms with Crippen LogP contribution in [0.2, 0.25) is 0 Å². The molecule has 0 atom stereocenters. The van der Waals surface area contributed by atoms with Crippen LogP contribution in [-0.2, 0) is 9.59 Å². The largest absolute Gasteiger partial charge is 0.478 e. The number of carbonyl (C=O) groups is 2. The third kappa shape index (κ3) is 29.4. The molecule has 0 aromatic rings. The Morgan fingerprint density at radius 3 is 0.773 bits per heavy atom. The molecule has 0 aromatic heterocycles. The van der Waals surface area contributed by atoms with Crippen molar-refractivity contribution in [1.29, 1.82) is 0 Å². The maximum Gasteiger partial charge on any atom is 0.332 e. The second kappa shape index (κ2) is 34.6. The normalized spacial score (nSPS) is 12.0. The second-order valence-electron chi connectivity index (χ2n) is 13.7. The van der Waals surface area contributed by atoms with Gasteiger partial charge in [0, 0.05) is 11.1 Å². The molecule has 0 bridgehead atoms. The average molecular weight is 620 g/mol. The summed E-state index contributed by atoms with van der Waals surface area (Å²) in [6.45, 7) is 4.55. The number of carboxylic acid groups (broad SMARTS) is 1. The van der Waals surface area contributed by atoms with Gasteiger partial charge in [0.25, 0.3) is 0 Å². The molecule has 0 saturated carbocycles. The number of aliphatic carboxylic acids is 1. The lowest BCUT2D eigenvalue weighted by atomic mass is 9.95. The van der Waals surface area contributed by atoms with Crippen molar-refractivity contribution in [1.82, 2.24) is 0 Å². The molecule has 0 saturated heterocycles. The number of unbranched alkanes of at least 4 members (excludes halogenated alkanes) is 30. The fourth-order valence-corrected chi connectivity index (χ4v) is 6.51. The Bertz CT molecular complexity index is 616. The Morgan fingerprint density at radius 2 is 0.568 bits per heavy atom. The van der Waals surface area contributed by atoms with Crippen LogP contribution in [0.4, 0.5) is 0 Å². The topological polar surface area (TPSA) is 80.4 Å². The lowest BCUT2D eigenvalue weighted by Crippen LogP contribution is -2.19. The van der Waals surface area contributed by atoms with Crippen LogP contribution >= 0.6 is 0 Å². The first kappa shape index (κ1) is 42.7. The number of carbonyl (C=O) groups excluding carboxylic acids is 1. The average Bonchev–Trinajstić information content (AvgIpc) is 3.00. The van der Waals surface area contributed by atoms with Crippen molar-refractivity contribution in [2.75, 3.05) is 0 Å². The molecule has 4 heteroatoms. The summed E-state index contributed by atoms with van der Waals surface area (Å²) in [5.41, 5.74) is 6.27. The lowest BCUT2D eigenvalue weighted by Gasteiger charge is -2.10. The van der Waals surface area contributed by atoms with Gasteiger partial charge in [0.05, 0.1) is 0 Å². The third-order valence-corrected chi connectivity index (χ3v) is 9.48. The summed E-state index contributed by atoms with van der Waals surface area (Å²) in [5.74, 6) is -1.50. The van der Waals surface area contributed by atoms with Crippen LogP contribution in [0.3, 0.4) is 0 Å². The van der Waals surface area contributed by atoms with Crippen LogP contribution < -0.4 is 5.73 Å². The minimum atomic E-state index is -0.962. The van der Waals surface area contributed by atoms with Crippen molar-refractivity contribution in [3.63, 3.8) is 0 Å². The van der Waals surface area contributed by atoms with Gasteiger partial charge in [-0.1, -0.05) is 206 Å². The van der Waals surface area contributed by atoms with Gasteiger partial charge in [0.2, 0.25) is 5.91 Å². The van der Waals surface area contributed by atoms with E-state index < -0.39 is 11.9 Å². The monoisotopic (exact) mass is 620 g/mol. The molecular weight excluding hydrogens is 542 g/mol. The van der Waals surface area contributed by atoms with Crippen molar-refractivity contribution < 1.29 is 14.7 Å². The maximum atomic E-state index is 12.1. The van der Waals surface area contributed by atoms with E-state index in [4.69, 9.17) is 5.73 Å². The highest BCUT2D eigenvalue weighted by Crippen LogP contribution is 2.21. The standard InChI is InChI=1S/C40H77NO3/c1-3-5-7-9-11-13-15-17-19-21-23-25-27-29-31-33-35-37(39(41)42)38(40(43)44)36-34-32-30-28-26-24-22-20-18-16-14-12-10-8-6-4-2/h3-36H2,1-2H3,(H2,41,42)(H,43,44)/b38-37+. The smallest absolute Gasteiger partial charge is 0.332 e. The molecule has 0 rings (SSSR count). The van der Waals surface area contributed by atoms with Crippen LogP contribution in [-0.4, -0.2) is 17.0 Å². The first-order valence-electron chi connectivity index (χ1n) is 19.8. The number of rotatable bonds is 36. The number of hydrogen-bond acceptors (Lipinski definition) is 2. The van der Waals surface area contributed by atoms with E-state index in [1.807, 2.05) is 0 Å². The summed E-state index contributed by atoms with van der Waals surface area (Å²) in [6, 6.07) is 0. The Labute approximate surface area is 275 Å². The molecule has 0 aliphatic heterocycles. The molecule has 0 radical (unpaired) electrons. The van der Waals surface area contributed by atoms with Gasteiger partial charge in [-0.2, -0.15) is 0 Å². The molecule has 3 N–H and O–H groups in total. The lowest BCUT2D eigenvalue weighted by molar-refractivity contribution is -0.133. The quantitative estimate of drug-likeness (QED) is 0.0540. The highest BCUT2D eigenvalue weighted by Gasteiger charge is 2.18. The van der Waals surface area contributed by atoms with Gasteiger partial charge in [-0.3, -0.25) is 4.79 Å². The van der Waals surface area contributed by atoms with E-state index in [1.54, 1.807) is 0 Å². The summed E-state index contributed by atoms with van der Waals surface area (Å²) in [5, 5.41) is 9.79. The van der Waals surface area contributed by atoms with Crippen molar-refractivity contribution >= 4 is 11.9 Å². The van der Waals surface area contributed by atoms with Crippen LogP contribution in [0.5, 0.6) is 0 Å². The van der Waals surface area contributed by atoms with Crippen LogP contribution in [0, 0.1) is 0 Å². The first-order chi connectivity index (χ1) is 21.5. The van der Waals surface area contributed by atoms with E-state index in [0.29, 0.717) is 18.4 Å². The van der Waals surface area contributed by atoms with Crippen LogP contribution in [0.25, 0.3) is 0 Å². The first-order valence-corrected chi connectivity index (χ1v) is 19.8. The SMILES string of the molecule is CCCCCCCCCCCCCCCCCC/C(C(N)=O)=C(/CCCCCCCCCCCCCCCCCC)C(=O)O. The minimum Gasteiger partial charge on any atom is -0.478 e. The summed E-state index contributed by atoms with van der Waals surface area (Å²) in [6.07, 6.45) is 42.5. The molecule has 4 nitrogen and oxygen atoms in total. The van der Waals surface area contributed by atoms with E-state index in [2.05, 4.69) is 13.8 Å². The predicted molar refractivity (Wildman–Crippen MR) is 192 cm³/mol. The Morgan fingerprint density at radius 1 is 0.364 bits per heavy atom. The Hall–Kier alpha value is -1.32. The van der Waals surface area contributed by atoms with Crippen molar-refractivity contribution in [2.24, 2.45) is 5.73 Å². The van der Waals surface area contributed by atoms with E-state index in [1.165, 1.54) is 167 Å². The summed E-state index contributed by atoms with van der Waals surface area (Å²) in [7, 11) is 0. The van der Waals surface area contributed by atoms with Gasteiger partial charge in [0.15, 0.2) is 0 Å². The van der Waals surface area contributed by atoms with Crippen LogP contribution in [0.1, 0.15) is 232 Å². The number of nitrogens with two attached hydrogens (primary N) is 1. The Balaban J connectivity index is 3.84. The van der Waals surface area contributed by atoms with E-state index >= 15 is 0 Å². The number of amides is 1. The molecule has 0 heterocycles. The zero-order valence-corrected chi connectivity index (χ0v) is 29.9. The van der Waals surface area contributed by atoms with Crippen LogP contribution in [0.15, 0.2) is 11.1 Å². The highest BCUT2D eigenvalue weighted by atomic mass is 16.4. The third-order valence-electron chi connectivity index (χ3n) is 9.48. The minimum absolute atomic E-state index is 0.267. The van der Waals surface area contributed by atoms with E-state index in [9.17, 15) is 14.7 Å². The molecule has 260 valence electrons. The Kier molecular flexibility index (Phi) is 33.5. The molecule has 0 fully saturated rings. The predicted octanol–water partition coefficient (Wildman–Crippen LogP) is 13.2. The fraction of sp³-hybridized carbons (Fsp3) is 0.900. The van der Waals surface area contributed by atoms with E-state index in [0.717, 1.165) is 38.5 Å². The van der Waals surface area contributed by atoms with Crippen molar-refractivity contribution in [3.05, 3.63) is 11.1 Å². The van der Waals surface area contributed by atoms with Gasteiger partial charge in [-0.25, -0.2) is 4.79 Å². The maximum absolute atomic E-state index is 12.1. The molecular formula is C40H77NO3. The molecule has 0 spiro atoms. The van der Waals surface area contributed by atoms with Gasteiger partial charge in [0.1, 0.15) is 0 Å². The molecule has 0 unspecified atom stereocenters. The number of primary amides is 1. The second-order valence-corrected chi connectivity index (χ2v) is 13.7.